The second kappa shape index (κ2) is 12.4. The zero-order valence-electron chi connectivity index (χ0n) is 23.6. The van der Waals surface area contributed by atoms with Crippen LogP contribution in [-0.4, -0.2) is 60.1 Å². The van der Waals surface area contributed by atoms with E-state index in [0.29, 0.717) is 12.3 Å². The monoisotopic (exact) mass is 596 g/mol. The number of anilines is 1. The van der Waals surface area contributed by atoms with Crippen molar-refractivity contribution in [2.24, 2.45) is 0 Å². The first-order valence-corrected chi connectivity index (χ1v) is 13.6. The number of benzene rings is 2. The van der Waals surface area contributed by atoms with Crippen molar-refractivity contribution in [2.75, 3.05) is 32.2 Å². The summed E-state index contributed by atoms with van der Waals surface area (Å²) in [6.07, 6.45) is -3.23. The Hall–Kier alpha value is -4.42. The molecule has 9 nitrogen and oxygen atoms in total. The number of methoxy groups -OCH3 is 1. The maximum atomic E-state index is 14.2. The summed E-state index contributed by atoms with van der Waals surface area (Å²) in [6, 6.07) is 12.7. The van der Waals surface area contributed by atoms with Gasteiger partial charge in [-0.1, -0.05) is 24.3 Å². The summed E-state index contributed by atoms with van der Waals surface area (Å²) in [5.41, 5.74) is 3.11. The third kappa shape index (κ3) is 6.35. The smallest absolute Gasteiger partial charge is 0.419 e. The van der Waals surface area contributed by atoms with Gasteiger partial charge < -0.3 is 30.0 Å². The predicted octanol–water partition coefficient (Wildman–Crippen LogP) is 5.42. The number of nitrogens with one attached hydrogen (secondary N) is 2. The number of nitrogens with zero attached hydrogens (tertiary/aromatic N) is 2. The van der Waals surface area contributed by atoms with E-state index in [2.05, 4.69) is 15.2 Å². The number of hydrogen-bond donors (Lipinski definition) is 3. The number of para-hydroxylation sites is 1. The molecule has 2 aromatic carbocycles. The molecule has 2 aliphatic heterocycles. The second-order valence-electron chi connectivity index (χ2n) is 10.3. The number of carbonyl (C=O) groups is 1. The number of aromatic nitrogens is 1. The molecule has 0 bridgehead atoms. The van der Waals surface area contributed by atoms with E-state index in [0.717, 1.165) is 49.9 Å². The van der Waals surface area contributed by atoms with Gasteiger partial charge in [0.2, 0.25) is 5.88 Å². The standard InChI is InChI=1S/C31H31F3N4O5/c1-18-20(10-9-19-14-38(12-11-22(18)19)21-16-42-17-21)15-43-28-23(5-3-6-25(28)31(32,33)34)26-7-4-8-27(36-26)37-29(41-2)24(13-35)30(39)40/h3-10,13,21,35H,11-12,14-17H2,1-2H3,(H,36,37)(H,39,40)/b29-24-,35-13?. The third-order valence-corrected chi connectivity index (χ3v) is 7.75. The highest BCUT2D eigenvalue weighted by atomic mass is 19.4. The zero-order valence-corrected chi connectivity index (χ0v) is 23.6. The zero-order chi connectivity index (χ0) is 30.7. The molecule has 0 amide bonds. The Morgan fingerprint density at radius 1 is 1.21 bits per heavy atom. The van der Waals surface area contributed by atoms with Crippen molar-refractivity contribution in [1.82, 2.24) is 9.88 Å². The number of pyridine rings is 1. The summed E-state index contributed by atoms with van der Waals surface area (Å²) in [4.78, 5) is 18.3. The van der Waals surface area contributed by atoms with Gasteiger partial charge in [-0.3, -0.25) is 4.90 Å². The van der Waals surface area contributed by atoms with E-state index >= 15 is 0 Å². The molecule has 3 aromatic rings. The molecular formula is C31H31F3N4O5. The van der Waals surface area contributed by atoms with Gasteiger partial charge in [0, 0.05) is 24.9 Å². The number of hydrogen-bond acceptors (Lipinski definition) is 8. The van der Waals surface area contributed by atoms with Gasteiger partial charge in [-0.15, -0.1) is 0 Å². The van der Waals surface area contributed by atoms with E-state index in [9.17, 15) is 23.1 Å². The van der Waals surface area contributed by atoms with E-state index in [1.807, 2.05) is 19.1 Å². The van der Waals surface area contributed by atoms with Crippen LogP contribution in [0.2, 0.25) is 0 Å². The molecule has 43 heavy (non-hydrogen) atoms. The number of carboxylic acid groups (broad SMARTS) is 1. The first kappa shape index (κ1) is 30.1. The number of ether oxygens (including phenoxy) is 3. The average molecular weight is 597 g/mol. The number of aliphatic carboxylic acids is 1. The Labute approximate surface area is 246 Å². The maximum absolute atomic E-state index is 14.2. The molecule has 12 heteroatoms. The molecule has 0 spiro atoms. The molecule has 1 aromatic heterocycles. The number of alkyl halides is 3. The lowest BCUT2D eigenvalue weighted by Gasteiger charge is -2.40. The minimum Gasteiger partial charge on any atom is -0.488 e. The van der Waals surface area contributed by atoms with Gasteiger partial charge in [0.25, 0.3) is 0 Å². The first-order valence-electron chi connectivity index (χ1n) is 13.6. The largest absolute Gasteiger partial charge is 0.488 e. The average Bonchev–Trinajstić information content (AvgIpc) is 2.95. The van der Waals surface area contributed by atoms with E-state index in [1.165, 1.54) is 42.5 Å². The number of halogens is 3. The molecular weight excluding hydrogens is 565 g/mol. The van der Waals surface area contributed by atoms with Crippen LogP contribution in [0.25, 0.3) is 11.3 Å². The van der Waals surface area contributed by atoms with E-state index < -0.39 is 23.3 Å². The van der Waals surface area contributed by atoms with Gasteiger partial charge in [0.05, 0.1) is 37.6 Å². The molecule has 0 unspecified atom stereocenters. The van der Waals surface area contributed by atoms with Crippen molar-refractivity contribution in [2.45, 2.75) is 38.7 Å². The van der Waals surface area contributed by atoms with Crippen LogP contribution in [0, 0.1) is 12.3 Å². The van der Waals surface area contributed by atoms with E-state index in [-0.39, 0.29) is 35.3 Å². The fourth-order valence-electron chi connectivity index (χ4n) is 5.30. The van der Waals surface area contributed by atoms with Crippen LogP contribution in [0.1, 0.15) is 27.8 Å². The molecule has 0 atom stereocenters. The highest BCUT2D eigenvalue weighted by molar-refractivity contribution is 6.08. The minimum absolute atomic E-state index is 0.0742. The van der Waals surface area contributed by atoms with Crippen molar-refractivity contribution >= 4 is 18.0 Å². The Balaban J connectivity index is 1.45. The molecule has 3 N–H and O–H groups in total. The highest BCUT2D eigenvalue weighted by Gasteiger charge is 2.36. The van der Waals surface area contributed by atoms with Gasteiger partial charge in [0.1, 0.15) is 23.7 Å². The Morgan fingerprint density at radius 3 is 2.63 bits per heavy atom. The lowest BCUT2D eigenvalue weighted by Crippen LogP contribution is -2.50. The maximum Gasteiger partial charge on any atom is 0.419 e. The molecule has 5 rings (SSSR count). The van der Waals surface area contributed by atoms with E-state index in [1.54, 1.807) is 6.07 Å². The summed E-state index contributed by atoms with van der Waals surface area (Å²) in [6.45, 7) is 5.11. The molecule has 2 aliphatic rings. The van der Waals surface area contributed by atoms with Gasteiger partial charge in [-0.2, -0.15) is 13.2 Å². The quantitative estimate of drug-likeness (QED) is 0.162. The fraction of sp³-hybridized carbons (Fsp3) is 0.323. The van der Waals surface area contributed by atoms with Crippen molar-refractivity contribution < 1.29 is 37.3 Å². The summed E-state index contributed by atoms with van der Waals surface area (Å²) in [5, 5.41) is 19.4. The van der Waals surface area contributed by atoms with Crippen LogP contribution in [-0.2, 0) is 40.0 Å². The molecule has 3 heterocycles. The Bertz CT molecular complexity index is 1570. The Kier molecular flexibility index (Phi) is 8.69. The molecule has 0 aliphatic carbocycles. The number of fused-ring (bicyclic) bond motifs is 1. The Morgan fingerprint density at radius 2 is 1.98 bits per heavy atom. The summed E-state index contributed by atoms with van der Waals surface area (Å²) < 4.78 is 58.9. The second-order valence-corrected chi connectivity index (χ2v) is 10.3. The van der Waals surface area contributed by atoms with Gasteiger partial charge in [0.15, 0.2) is 0 Å². The summed E-state index contributed by atoms with van der Waals surface area (Å²) >= 11 is 0. The van der Waals surface area contributed by atoms with Gasteiger partial charge >= 0.3 is 12.1 Å². The van der Waals surface area contributed by atoms with Gasteiger partial charge in [-0.25, -0.2) is 9.78 Å². The molecule has 1 saturated heterocycles. The molecule has 226 valence electrons. The van der Waals surface area contributed by atoms with Crippen molar-refractivity contribution in [3.63, 3.8) is 0 Å². The summed E-state index contributed by atoms with van der Waals surface area (Å²) in [5.74, 6) is -1.90. The predicted molar refractivity (Wildman–Crippen MR) is 153 cm³/mol. The molecule has 0 radical (unpaired) electrons. The van der Waals surface area contributed by atoms with Crippen LogP contribution in [0.3, 0.4) is 0 Å². The minimum atomic E-state index is -4.69. The van der Waals surface area contributed by atoms with Crippen molar-refractivity contribution in [3.8, 4) is 17.0 Å². The normalized spacial score (nSPS) is 16.0. The van der Waals surface area contributed by atoms with E-state index in [4.69, 9.17) is 19.6 Å². The van der Waals surface area contributed by atoms with Crippen LogP contribution in [0.5, 0.6) is 5.75 Å². The van der Waals surface area contributed by atoms with Gasteiger partial charge in [-0.05, 0) is 59.9 Å². The summed E-state index contributed by atoms with van der Waals surface area (Å²) in [7, 11) is 1.22. The fourth-order valence-corrected chi connectivity index (χ4v) is 5.30. The SMILES string of the molecule is CO/C(Nc1cccc(-c2cccc(C(F)(F)F)c2OCc2ccc3c(c2C)CCN(C2COC2)C3)n1)=C(/C=N)C(=O)O. The highest BCUT2D eigenvalue weighted by Crippen LogP contribution is 2.42. The van der Waals surface area contributed by atoms with Crippen molar-refractivity contribution in [1.29, 1.82) is 5.41 Å². The topological polar surface area (TPSA) is 117 Å². The molecule has 1 fully saturated rings. The van der Waals surface area contributed by atoms with Crippen LogP contribution in [0.4, 0.5) is 19.0 Å². The first-order chi connectivity index (χ1) is 20.6. The number of rotatable bonds is 10. The molecule has 0 saturated carbocycles. The van der Waals surface area contributed by atoms with Crippen molar-refractivity contribution in [3.05, 3.63) is 87.8 Å². The van der Waals surface area contributed by atoms with Crippen LogP contribution >= 0.6 is 0 Å². The van der Waals surface area contributed by atoms with Crippen LogP contribution in [0.15, 0.2) is 60.0 Å². The number of carboxylic acids is 1. The lowest BCUT2D eigenvalue weighted by atomic mass is 9.91. The lowest BCUT2D eigenvalue weighted by molar-refractivity contribution is -0.139. The van der Waals surface area contributed by atoms with Crippen LogP contribution < -0.4 is 10.1 Å². The third-order valence-electron chi connectivity index (χ3n) is 7.75.